The summed E-state index contributed by atoms with van der Waals surface area (Å²) < 4.78 is 4.03. The van der Waals surface area contributed by atoms with E-state index in [0.717, 1.165) is 50.4 Å². The number of aryl methyl sites for hydroxylation is 1. The number of aromatic nitrogens is 4. The van der Waals surface area contributed by atoms with Gasteiger partial charge in [0.1, 0.15) is 6.33 Å². The standard InChI is InChI=1S/C27H21N7S/c1-18-25(26(32-14-13-28-17-32)34(31-18)19-8-3-2-4-9-19)23-16-21(24-12-7-15-35-24)30-27-29-20-10-5-6-11-22(20)33(23)27/h2-17,27,29H,1H3. The molecule has 170 valence electrons. The molecular formula is C27H21N7S. The SMILES string of the molecule is Cc1nn(-c2ccccc2)c(-n2ccnc2)c1C1=CC(c2cccs2)=NC2Nc3ccccc3N12. The highest BCUT2D eigenvalue weighted by atomic mass is 32.1. The molecule has 35 heavy (non-hydrogen) atoms. The summed E-state index contributed by atoms with van der Waals surface area (Å²) in [5.41, 5.74) is 7.14. The third kappa shape index (κ3) is 3.14. The smallest absolute Gasteiger partial charge is 0.201 e. The van der Waals surface area contributed by atoms with Gasteiger partial charge in [0.2, 0.25) is 6.29 Å². The molecule has 0 saturated carbocycles. The predicted octanol–water partition coefficient (Wildman–Crippen LogP) is 5.49. The molecular weight excluding hydrogens is 454 g/mol. The minimum atomic E-state index is -0.236. The van der Waals surface area contributed by atoms with E-state index in [-0.39, 0.29) is 6.29 Å². The lowest BCUT2D eigenvalue weighted by molar-refractivity contribution is 0.798. The summed E-state index contributed by atoms with van der Waals surface area (Å²) in [5, 5.41) is 10.7. The average Bonchev–Trinajstić information content (AvgIpc) is 3.69. The monoisotopic (exact) mass is 475 g/mol. The number of hydrogen-bond donors (Lipinski definition) is 1. The number of aliphatic imine (C=N–C) groups is 1. The van der Waals surface area contributed by atoms with E-state index < -0.39 is 0 Å². The number of thiophene rings is 1. The second kappa shape index (κ2) is 7.82. The van der Waals surface area contributed by atoms with Crippen LogP contribution in [0.1, 0.15) is 16.1 Å². The van der Waals surface area contributed by atoms with Crippen LogP contribution in [0.15, 0.2) is 102 Å². The highest BCUT2D eigenvalue weighted by Crippen LogP contribution is 2.44. The van der Waals surface area contributed by atoms with Gasteiger partial charge in [0, 0.05) is 12.4 Å². The van der Waals surface area contributed by atoms with E-state index in [2.05, 4.69) is 76.0 Å². The number of anilines is 2. The molecule has 1 unspecified atom stereocenters. The third-order valence-electron chi connectivity index (χ3n) is 6.30. The van der Waals surface area contributed by atoms with Gasteiger partial charge in [-0.1, -0.05) is 36.4 Å². The second-order valence-electron chi connectivity index (χ2n) is 8.43. The first kappa shape index (κ1) is 20.0. The maximum atomic E-state index is 5.08. The minimum absolute atomic E-state index is 0.236. The average molecular weight is 476 g/mol. The van der Waals surface area contributed by atoms with Gasteiger partial charge in [-0.3, -0.25) is 9.47 Å². The highest BCUT2D eigenvalue weighted by Gasteiger charge is 2.37. The van der Waals surface area contributed by atoms with Crippen LogP contribution in [-0.4, -0.2) is 31.3 Å². The molecule has 0 spiro atoms. The van der Waals surface area contributed by atoms with Crippen molar-refractivity contribution < 1.29 is 0 Å². The molecule has 5 heterocycles. The molecule has 2 aromatic carbocycles. The van der Waals surface area contributed by atoms with Crippen molar-refractivity contribution in [3.8, 4) is 11.5 Å². The molecule has 7 nitrogen and oxygen atoms in total. The Bertz CT molecular complexity index is 1580. The van der Waals surface area contributed by atoms with Crippen LogP contribution < -0.4 is 10.2 Å². The van der Waals surface area contributed by atoms with E-state index in [4.69, 9.17) is 10.1 Å². The Hall–Kier alpha value is -4.43. The van der Waals surface area contributed by atoms with Gasteiger partial charge < -0.3 is 5.32 Å². The van der Waals surface area contributed by atoms with E-state index in [0.29, 0.717) is 0 Å². The summed E-state index contributed by atoms with van der Waals surface area (Å²) in [4.78, 5) is 12.8. The molecule has 2 aliphatic rings. The topological polar surface area (TPSA) is 63.3 Å². The van der Waals surface area contributed by atoms with Crippen LogP contribution in [0.2, 0.25) is 0 Å². The maximum Gasteiger partial charge on any atom is 0.201 e. The first-order valence-electron chi connectivity index (χ1n) is 11.4. The second-order valence-corrected chi connectivity index (χ2v) is 9.38. The zero-order valence-electron chi connectivity index (χ0n) is 18.9. The van der Waals surface area contributed by atoms with Crippen molar-refractivity contribution in [3.05, 3.63) is 113 Å². The van der Waals surface area contributed by atoms with Crippen LogP contribution in [0.5, 0.6) is 0 Å². The Morgan fingerprint density at radius 3 is 2.63 bits per heavy atom. The van der Waals surface area contributed by atoms with Gasteiger partial charge in [-0.15, -0.1) is 11.3 Å². The van der Waals surface area contributed by atoms with Gasteiger partial charge in [-0.05, 0) is 48.7 Å². The molecule has 7 rings (SSSR count). The van der Waals surface area contributed by atoms with Crippen molar-refractivity contribution >= 4 is 34.1 Å². The van der Waals surface area contributed by atoms with E-state index in [1.807, 2.05) is 46.0 Å². The van der Waals surface area contributed by atoms with Crippen molar-refractivity contribution in [1.82, 2.24) is 19.3 Å². The fraction of sp³-hybridized carbons (Fsp3) is 0.0741. The van der Waals surface area contributed by atoms with Crippen LogP contribution >= 0.6 is 11.3 Å². The molecule has 5 aromatic rings. The molecule has 2 aliphatic heterocycles. The zero-order chi connectivity index (χ0) is 23.4. The van der Waals surface area contributed by atoms with E-state index in [1.54, 1.807) is 17.5 Å². The Morgan fingerprint density at radius 1 is 0.971 bits per heavy atom. The Morgan fingerprint density at radius 2 is 1.83 bits per heavy atom. The number of nitrogens with zero attached hydrogens (tertiary/aromatic N) is 6. The van der Waals surface area contributed by atoms with E-state index in [9.17, 15) is 0 Å². The largest absolute Gasteiger partial charge is 0.345 e. The van der Waals surface area contributed by atoms with Crippen LogP contribution in [0.25, 0.3) is 17.2 Å². The summed E-state index contributed by atoms with van der Waals surface area (Å²) in [5.74, 6) is 0.938. The molecule has 3 aromatic heterocycles. The number of rotatable bonds is 4. The highest BCUT2D eigenvalue weighted by molar-refractivity contribution is 7.12. The van der Waals surface area contributed by atoms with Crippen LogP contribution in [0.4, 0.5) is 11.4 Å². The Balaban J connectivity index is 1.50. The van der Waals surface area contributed by atoms with Gasteiger partial charge >= 0.3 is 0 Å². The van der Waals surface area contributed by atoms with Gasteiger partial charge in [-0.2, -0.15) is 5.10 Å². The van der Waals surface area contributed by atoms with Crippen molar-refractivity contribution in [2.75, 3.05) is 10.2 Å². The van der Waals surface area contributed by atoms with Gasteiger partial charge in [0.15, 0.2) is 5.82 Å². The van der Waals surface area contributed by atoms with Crippen molar-refractivity contribution in [1.29, 1.82) is 0 Å². The summed E-state index contributed by atoms with van der Waals surface area (Å²) in [6.45, 7) is 2.07. The number of allylic oxidation sites excluding steroid dienone is 1. The van der Waals surface area contributed by atoms with Gasteiger partial charge in [0.05, 0.1) is 44.6 Å². The lowest BCUT2D eigenvalue weighted by atomic mass is 10.1. The minimum Gasteiger partial charge on any atom is -0.345 e. The molecule has 0 aliphatic carbocycles. The summed E-state index contributed by atoms with van der Waals surface area (Å²) in [6.07, 6.45) is 7.53. The number of fused-ring (bicyclic) bond motifs is 3. The van der Waals surface area contributed by atoms with Crippen molar-refractivity contribution in [2.24, 2.45) is 4.99 Å². The first-order valence-corrected chi connectivity index (χ1v) is 12.3. The lowest BCUT2D eigenvalue weighted by Gasteiger charge is -2.31. The molecule has 0 amide bonds. The number of nitrogens with one attached hydrogen (secondary N) is 1. The van der Waals surface area contributed by atoms with E-state index in [1.165, 1.54) is 0 Å². The lowest BCUT2D eigenvalue weighted by Crippen LogP contribution is -2.37. The molecule has 0 bridgehead atoms. The van der Waals surface area contributed by atoms with Crippen molar-refractivity contribution in [3.63, 3.8) is 0 Å². The molecule has 8 heteroatoms. The zero-order valence-corrected chi connectivity index (χ0v) is 19.7. The number of para-hydroxylation sites is 3. The van der Waals surface area contributed by atoms with Crippen LogP contribution in [0, 0.1) is 6.92 Å². The van der Waals surface area contributed by atoms with Crippen molar-refractivity contribution in [2.45, 2.75) is 13.2 Å². The summed E-state index contributed by atoms with van der Waals surface area (Å²) in [7, 11) is 0. The number of hydrogen-bond acceptors (Lipinski definition) is 6. The third-order valence-corrected chi connectivity index (χ3v) is 7.20. The number of imidazole rings is 1. The fourth-order valence-corrected chi connectivity index (χ4v) is 5.49. The van der Waals surface area contributed by atoms with Gasteiger partial charge in [0.25, 0.3) is 0 Å². The predicted molar refractivity (Wildman–Crippen MR) is 141 cm³/mol. The van der Waals surface area contributed by atoms with Gasteiger partial charge in [-0.25, -0.2) is 14.7 Å². The Kier molecular flexibility index (Phi) is 4.46. The molecule has 1 atom stereocenters. The quantitative estimate of drug-likeness (QED) is 0.374. The number of benzene rings is 2. The Labute approximate surface area is 206 Å². The molecule has 0 saturated heterocycles. The summed E-state index contributed by atoms with van der Waals surface area (Å²) >= 11 is 1.70. The molecule has 0 fully saturated rings. The maximum absolute atomic E-state index is 5.08. The molecule has 1 N–H and O–H groups in total. The van der Waals surface area contributed by atoms with Crippen LogP contribution in [-0.2, 0) is 0 Å². The summed E-state index contributed by atoms with van der Waals surface area (Å²) in [6, 6.07) is 22.7. The normalized spacial score (nSPS) is 16.4. The molecule has 0 radical (unpaired) electrons. The first-order chi connectivity index (χ1) is 17.3. The van der Waals surface area contributed by atoms with Crippen LogP contribution in [0.3, 0.4) is 0 Å². The fourth-order valence-electron chi connectivity index (χ4n) is 4.80. The van der Waals surface area contributed by atoms with E-state index >= 15 is 0 Å².